The molecule has 0 aliphatic rings. The lowest BCUT2D eigenvalue weighted by Crippen LogP contribution is -2.13. The van der Waals surface area contributed by atoms with Crippen LogP contribution < -0.4 is 5.32 Å². The highest BCUT2D eigenvalue weighted by Gasteiger charge is 2.11. The van der Waals surface area contributed by atoms with E-state index in [4.69, 9.17) is 11.6 Å². The molecule has 0 aliphatic carbocycles. The molecule has 3 aromatic rings. The molecule has 24 heavy (non-hydrogen) atoms. The van der Waals surface area contributed by atoms with Gasteiger partial charge in [0.1, 0.15) is 0 Å². The molecule has 3 rings (SSSR count). The lowest BCUT2D eigenvalue weighted by molar-refractivity contribution is 0.102. The van der Waals surface area contributed by atoms with Gasteiger partial charge in [-0.25, -0.2) is 18.7 Å². The van der Waals surface area contributed by atoms with Crippen molar-refractivity contribution in [2.45, 2.75) is 0 Å². The summed E-state index contributed by atoms with van der Waals surface area (Å²) in [6, 6.07) is 9.95. The Hall–Kier alpha value is -2.86. The Morgan fingerprint density at radius 1 is 1.00 bits per heavy atom. The summed E-state index contributed by atoms with van der Waals surface area (Å²) in [4.78, 5) is 20.3. The molecular weight excluding hydrogens is 336 g/mol. The van der Waals surface area contributed by atoms with Crippen molar-refractivity contribution in [1.29, 1.82) is 0 Å². The van der Waals surface area contributed by atoms with Gasteiger partial charge in [0, 0.05) is 16.1 Å². The van der Waals surface area contributed by atoms with E-state index in [0.717, 1.165) is 17.7 Å². The maximum atomic E-state index is 13.2. The molecule has 0 atom stereocenters. The average Bonchev–Trinajstić information content (AvgIpc) is 2.58. The van der Waals surface area contributed by atoms with Crippen molar-refractivity contribution in [1.82, 2.24) is 9.97 Å². The largest absolute Gasteiger partial charge is 0.319 e. The summed E-state index contributed by atoms with van der Waals surface area (Å²) in [6.07, 6.45) is 2.84. The summed E-state index contributed by atoms with van der Waals surface area (Å²) in [7, 11) is 0. The molecular formula is C17H10ClF2N3O. The van der Waals surface area contributed by atoms with Crippen molar-refractivity contribution in [2.24, 2.45) is 0 Å². The van der Waals surface area contributed by atoms with Gasteiger partial charge in [0.25, 0.3) is 5.91 Å². The maximum absolute atomic E-state index is 13.2. The fourth-order valence-electron chi connectivity index (χ4n) is 2.01. The van der Waals surface area contributed by atoms with Gasteiger partial charge >= 0.3 is 0 Å². The zero-order valence-electron chi connectivity index (χ0n) is 12.1. The van der Waals surface area contributed by atoms with E-state index in [1.54, 1.807) is 24.3 Å². The number of amides is 1. The standard InChI is InChI=1S/C17H10ClF2N3O/c18-12-3-1-2-10(6-12)16-21-8-13(9-22-16)23-17(24)11-4-5-14(19)15(20)7-11/h1-9H,(H,23,24). The monoisotopic (exact) mass is 345 g/mol. The Balaban J connectivity index is 1.76. The van der Waals surface area contributed by atoms with Crippen LogP contribution in [0, 0.1) is 11.6 Å². The van der Waals surface area contributed by atoms with E-state index in [9.17, 15) is 13.6 Å². The van der Waals surface area contributed by atoms with E-state index in [0.29, 0.717) is 16.5 Å². The topological polar surface area (TPSA) is 54.9 Å². The highest BCUT2D eigenvalue weighted by molar-refractivity contribution is 6.30. The molecule has 1 aromatic heterocycles. The van der Waals surface area contributed by atoms with Crippen LogP contribution in [0.25, 0.3) is 11.4 Å². The number of hydrogen-bond donors (Lipinski definition) is 1. The zero-order chi connectivity index (χ0) is 17.1. The summed E-state index contributed by atoms with van der Waals surface area (Å²) in [5.74, 6) is -2.24. The summed E-state index contributed by atoms with van der Waals surface area (Å²) >= 11 is 5.92. The van der Waals surface area contributed by atoms with Gasteiger partial charge < -0.3 is 5.32 Å². The van der Waals surface area contributed by atoms with Crippen LogP contribution in [0.3, 0.4) is 0 Å². The number of benzene rings is 2. The fraction of sp³-hybridized carbons (Fsp3) is 0. The van der Waals surface area contributed by atoms with E-state index in [2.05, 4.69) is 15.3 Å². The Morgan fingerprint density at radius 3 is 2.42 bits per heavy atom. The highest BCUT2D eigenvalue weighted by Crippen LogP contribution is 2.20. The van der Waals surface area contributed by atoms with Crippen LogP contribution in [0.2, 0.25) is 5.02 Å². The molecule has 1 amide bonds. The second kappa shape index (κ2) is 6.72. The number of halogens is 3. The molecule has 0 unspecified atom stereocenters. The minimum Gasteiger partial charge on any atom is -0.319 e. The first-order valence-corrected chi connectivity index (χ1v) is 7.25. The van der Waals surface area contributed by atoms with Gasteiger partial charge in [0.05, 0.1) is 18.1 Å². The van der Waals surface area contributed by atoms with Crippen molar-refractivity contribution in [3.8, 4) is 11.4 Å². The van der Waals surface area contributed by atoms with Gasteiger partial charge in [-0.2, -0.15) is 0 Å². The predicted octanol–water partition coefficient (Wildman–Crippen LogP) is 4.33. The van der Waals surface area contributed by atoms with Crippen LogP contribution in [0.5, 0.6) is 0 Å². The molecule has 2 aromatic carbocycles. The van der Waals surface area contributed by atoms with E-state index >= 15 is 0 Å². The first-order chi connectivity index (χ1) is 11.5. The van der Waals surface area contributed by atoms with Crippen molar-refractivity contribution in [3.63, 3.8) is 0 Å². The minimum atomic E-state index is -1.09. The Labute approximate surface area is 141 Å². The summed E-state index contributed by atoms with van der Waals surface area (Å²) in [5.41, 5.74) is 1.06. The molecule has 120 valence electrons. The highest BCUT2D eigenvalue weighted by atomic mass is 35.5. The predicted molar refractivity (Wildman–Crippen MR) is 86.8 cm³/mol. The first kappa shape index (κ1) is 16.0. The number of nitrogens with one attached hydrogen (secondary N) is 1. The molecule has 4 nitrogen and oxygen atoms in total. The van der Waals surface area contributed by atoms with Crippen LogP contribution in [-0.2, 0) is 0 Å². The van der Waals surface area contributed by atoms with E-state index in [1.807, 2.05) is 0 Å². The summed E-state index contributed by atoms with van der Waals surface area (Å²) in [5, 5.41) is 3.08. The molecule has 1 N–H and O–H groups in total. The Bertz CT molecular complexity index is 901. The molecule has 7 heteroatoms. The fourth-order valence-corrected chi connectivity index (χ4v) is 2.20. The van der Waals surface area contributed by atoms with E-state index < -0.39 is 17.5 Å². The quantitative estimate of drug-likeness (QED) is 0.768. The summed E-state index contributed by atoms with van der Waals surface area (Å²) in [6.45, 7) is 0. The molecule has 1 heterocycles. The third-order valence-electron chi connectivity index (χ3n) is 3.17. The zero-order valence-corrected chi connectivity index (χ0v) is 12.9. The molecule has 0 fully saturated rings. The second-order valence-corrected chi connectivity index (χ2v) is 5.33. The van der Waals surface area contributed by atoms with Gasteiger partial charge in [-0.1, -0.05) is 23.7 Å². The van der Waals surface area contributed by atoms with Crippen LogP contribution >= 0.6 is 11.6 Å². The molecule has 0 saturated heterocycles. The van der Waals surface area contributed by atoms with Crippen molar-refractivity contribution in [3.05, 3.63) is 77.1 Å². The third kappa shape index (κ3) is 3.55. The summed E-state index contributed by atoms with van der Waals surface area (Å²) < 4.78 is 26.0. The molecule has 0 aliphatic heterocycles. The number of anilines is 1. The Kier molecular flexibility index (Phi) is 4.48. The first-order valence-electron chi connectivity index (χ1n) is 6.87. The van der Waals surface area contributed by atoms with E-state index in [-0.39, 0.29) is 5.56 Å². The molecule has 0 saturated carbocycles. The van der Waals surface area contributed by atoms with Crippen molar-refractivity contribution >= 4 is 23.2 Å². The normalized spacial score (nSPS) is 10.5. The van der Waals surface area contributed by atoms with Gasteiger partial charge in [-0.05, 0) is 30.3 Å². The lowest BCUT2D eigenvalue weighted by atomic mass is 10.2. The van der Waals surface area contributed by atoms with Crippen LogP contribution in [0.1, 0.15) is 10.4 Å². The molecule has 0 spiro atoms. The van der Waals surface area contributed by atoms with Crippen molar-refractivity contribution in [2.75, 3.05) is 5.32 Å². The number of carbonyl (C=O) groups excluding carboxylic acids is 1. The number of aromatic nitrogens is 2. The number of nitrogens with zero attached hydrogens (tertiary/aromatic N) is 2. The van der Waals surface area contributed by atoms with Crippen LogP contribution in [0.4, 0.5) is 14.5 Å². The smallest absolute Gasteiger partial charge is 0.255 e. The van der Waals surface area contributed by atoms with Gasteiger partial charge in [0.2, 0.25) is 0 Å². The molecule has 0 radical (unpaired) electrons. The number of carbonyl (C=O) groups is 1. The van der Waals surface area contributed by atoms with Gasteiger partial charge in [-0.3, -0.25) is 4.79 Å². The van der Waals surface area contributed by atoms with E-state index in [1.165, 1.54) is 18.5 Å². The SMILES string of the molecule is O=C(Nc1cnc(-c2cccc(Cl)c2)nc1)c1ccc(F)c(F)c1. The Morgan fingerprint density at radius 2 is 1.75 bits per heavy atom. The minimum absolute atomic E-state index is 0.00665. The maximum Gasteiger partial charge on any atom is 0.255 e. The lowest BCUT2D eigenvalue weighted by Gasteiger charge is -2.06. The third-order valence-corrected chi connectivity index (χ3v) is 3.41. The average molecular weight is 346 g/mol. The van der Waals surface area contributed by atoms with Crippen LogP contribution in [-0.4, -0.2) is 15.9 Å². The van der Waals surface area contributed by atoms with Crippen LogP contribution in [0.15, 0.2) is 54.9 Å². The second-order valence-electron chi connectivity index (χ2n) is 4.89. The van der Waals surface area contributed by atoms with Gasteiger partial charge in [-0.15, -0.1) is 0 Å². The van der Waals surface area contributed by atoms with Gasteiger partial charge in [0.15, 0.2) is 17.5 Å². The number of rotatable bonds is 3. The molecule has 0 bridgehead atoms. The number of hydrogen-bond acceptors (Lipinski definition) is 3. The van der Waals surface area contributed by atoms with Crippen molar-refractivity contribution < 1.29 is 13.6 Å².